The number of fused-ring (bicyclic) bond motifs is 3. The SMILES string of the molecule is C[Si](C)(C)C#C[C@H]1[C@@H]2c3ccccc3CCN12. The van der Waals surface area contributed by atoms with Gasteiger partial charge in [-0.25, -0.2) is 0 Å². The van der Waals surface area contributed by atoms with Gasteiger partial charge in [0.25, 0.3) is 0 Å². The van der Waals surface area contributed by atoms with Crippen LogP contribution in [0.25, 0.3) is 0 Å². The fraction of sp³-hybridized carbons (Fsp3) is 0.467. The molecule has 2 aliphatic rings. The molecule has 0 aliphatic carbocycles. The first-order chi connectivity index (χ1) is 8.06. The molecule has 3 rings (SSSR count). The zero-order valence-corrected chi connectivity index (χ0v) is 11.8. The van der Waals surface area contributed by atoms with E-state index in [1.54, 1.807) is 0 Å². The van der Waals surface area contributed by atoms with Gasteiger partial charge in [0.15, 0.2) is 0 Å². The molecule has 1 nitrogen and oxygen atoms in total. The number of hydrogen-bond acceptors (Lipinski definition) is 1. The van der Waals surface area contributed by atoms with E-state index >= 15 is 0 Å². The van der Waals surface area contributed by atoms with E-state index in [2.05, 4.69) is 60.3 Å². The molecule has 0 radical (unpaired) electrons. The van der Waals surface area contributed by atoms with Crippen LogP contribution in [0.3, 0.4) is 0 Å². The van der Waals surface area contributed by atoms with Gasteiger partial charge in [0, 0.05) is 6.54 Å². The van der Waals surface area contributed by atoms with Crippen LogP contribution in [0.4, 0.5) is 0 Å². The molecule has 17 heavy (non-hydrogen) atoms. The molecule has 0 amide bonds. The van der Waals surface area contributed by atoms with E-state index in [4.69, 9.17) is 0 Å². The van der Waals surface area contributed by atoms with Gasteiger partial charge in [-0.3, -0.25) is 4.90 Å². The Morgan fingerprint density at radius 3 is 2.76 bits per heavy atom. The highest BCUT2D eigenvalue weighted by atomic mass is 28.3. The van der Waals surface area contributed by atoms with Crippen molar-refractivity contribution in [2.45, 2.75) is 38.1 Å². The second-order valence-electron chi connectivity index (χ2n) is 6.10. The second-order valence-corrected chi connectivity index (χ2v) is 10.8. The summed E-state index contributed by atoms with van der Waals surface area (Å²) in [5.74, 6) is 3.52. The zero-order chi connectivity index (χ0) is 12.0. The molecule has 1 saturated heterocycles. The van der Waals surface area contributed by atoms with Crippen molar-refractivity contribution >= 4 is 8.07 Å². The molecule has 2 heterocycles. The Morgan fingerprint density at radius 2 is 2.00 bits per heavy atom. The highest BCUT2D eigenvalue weighted by molar-refractivity contribution is 6.83. The maximum Gasteiger partial charge on any atom is 0.129 e. The van der Waals surface area contributed by atoms with Crippen LogP contribution in [0, 0.1) is 11.5 Å². The minimum absolute atomic E-state index is 0.505. The van der Waals surface area contributed by atoms with Crippen LogP contribution in [-0.4, -0.2) is 25.6 Å². The summed E-state index contributed by atoms with van der Waals surface area (Å²) in [7, 11) is -1.22. The van der Waals surface area contributed by atoms with Gasteiger partial charge in [-0.1, -0.05) is 49.8 Å². The second kappa shape index (κ2) is 3.73. The van der Waals surface area contributed by atoms with E-state index in [1.165, 1.54) is 24.1 Å². The Balaban J connectivity index is 1.85. The lowest BCUT2D eigenvalue weighted by Crippen LogP contribution is -2.17. The molecule has 2 aliphatic heterocycles. The lowest BCUT2D eigenvalue weighted by atomic mass is 9.99. The fourth-order valence-corrected chi connectivity index (χ4v) is 3.24. The highest BCUT2D eigenvalue weighted by Gasteiger charge is 2.50. The smallest absolute Gasteiger partial charge is 0.129 e. The molecule has 1 unspecified atom stereocenters. The molecule has 1 fully saturated rings. The maximum atomic E-state index is 3.52. The van der Waals surface area contributed by atoms with Gasteiger partial charge in [0.05, 0.1) is 12.1 Å². The Bertz CT molecular complexity index is 504. The van der Waals surface area contributed by atoms with Crippen molar-refractivity contribution in [2.24, 2.45) is 0 Å². The monoisotopic (exact) mass is 241 g/mol. The standard InChI is InChI=1S/C15H19NSi/c1-17(2,3)11-9-14-15-13-7-5-4-6-12(13)8-10-16(14)15/h4-7,14-15H,8,10H2,1-3H3/t14-,15-,16?/m0/s1. The number of benzene rings is 1. The van der Waals surface area contributed by atoms with Crippen molar-refractivity contribution < 1.29 is 0 Å². The molecule has 0 bridgehead atoms. The molecule has 0 spiro atoms. The summed E-state index contributed by atoms with van der Waals surface area (Å²) in [6.07, 6.45) is 1.19. The van der Waals surface area contributed by atoms with Crippen LogP contribution in [0.5, 0.6) is 0 Å². The van der Waals surface area contributed by atoms with Gasteiger partial charge in [-0.2, -0.15) is 0 Å². The van der Waals surface area contributed by atoms with Gasteiger partial charge in [-0.05, 0) is 17.5 Å². The van der Waals surface area contributed by atoms with Gasteiger partial charge in [0.2, 0.25) is 0 Å². The van der Waals surface area contributed by atoms with E-state index < -0.39 is 8.07 Å². The van der Waals surface area contributed by atoms with Crippen molar-refractivity contribution in [1.82, 2.24) is 4.90 Å². The number of nitrogens with zero attached hydrogens (tertiary/aromatic N) is 1. The summed E-state index contributed by atoms with van der Waals surface area (Å²) in [5, 5.41) is 0. The molecular weight excluding hydrogens is 222 g/mol. The molecular formula is C15H19NSi. The predicted octanol–water partition coefficient (Wildman–Crippen LogP) is 2.85. The van der Waals surface area contributed by atoms with Gasteiger partial charge in [-0.15, -0.1) is 5.54 Å². The van der Waals surface area contributed by atoms with Crippen LogP contribution in [0.15, 0.2) is 24.3 Å². The summed E-state index contributed by atoms with van der Waals surface area (Å²) < 4.78 is 0. The molecule has 0 saturated carbocycles. The maximum absolute atomic E-state index is 3.52. The van der Waals surface area contributed by atoms with Gasteiger partial charge >= 0.3 is 0 Å². The van der Waals surface area contributed by atoms with Gasteiger partial charge < -0.3 is 0 Å². The zero-order valence-electron chi connectivity index (χ0n) is 10.8. The van der Waals surface area contributed by atoms with Crippen LogP contribution in [-0.2, 0) is 6.42 Å². The summed E-state index contributed by atoms with van der Waals surface area (Å²) >= 11 is 0. The molecule has 0 N–H and O–H groups in total. The lowest BCUT2D eigenvalue weighted by molar-refractivity contribution is 0.482. The van der Waals surface area contributed by atoms with Crippen molar-refractivity contribution in [3.63, 3.8) is 0 Å². The van der Waals surface area contributed by atoms with E-state index in [9.17, 15) is 0 Å². The van der Waals surface area contributed by atoms with E-state index in [-0.39, 0.29) is 0 Å². The summed E-state index contributed by atoms with van der Waals surface area (Å²) in [6.45, 7) is 8.13. The molecule has 2 heteroatoms. The Kier molecular flexibility index (Phi) is 2.43. The van der Waals surface area contributed by atoms with Crippen molar-refractivity contribution in [2.75, 3.05) is 6.54 Å². The van der Waals surface area contributed by atoms with E-state index in [0.29, 0.717) is 12.1 Å². The summed E-state index contributed by atoms with van der Waals surface area (Å²) in [6, 6.07) is 9.97. The van der Waals surface area contributed by atoms with E-state index in [1.807, 2.05) is 0 Å². The molecule has 88 valence electrons. The summed E-state index contributed by atoms with van der Waals surface area (Å²) in [4.78, 5) is 2.54. The van der Waals surface area contributed by atoms with Crippen molar-refractivity contribution in [3.05, 3.63) is 35.4 Å². The van der Waals surface area contributed by atoms with Crippen LogP contribution >= 0.6 is 0 Å². The minimum atomic E-state index is -1.22. The van der Waals surface area contributed by atoms with Gasteiger partial charge in [0.1, 0.15) is 8.07 Å². The number of hydrogen-bond donors (Lipinski definition) is 0. The normalized spacial score (nSPS) is 29.7. The first-order valence-corrected chi connectivity index (χ1v) is 9.92. The minimum Gasteiger partial charge on any atom is -0.278 e. The fourth-order valence-electron chi connectivity index (χ4n) is 2.66. The Morgan fingerprint density at radius 1 is 1.24 bits per heavy atom. The molecule has 1 aromatic rings. The van der Waals surface area contributed by atoms with E-state index in [0.717, 1.165) is 0 Å². The topological polar surface area (TPSA) is 3.01 Å². The first kappa shape index (κ1) is 11.1. The van der Waals surface area contributed by atoms with Crippen LogP contribution in [0.2, 0.25) is 19.6 Å². The lowest BCUT2D eigenvalue weighted by Gasteiger charge is -2.14. The van der Waals surface area contributed by atoms with Crippen molar-refractivity contribution in [1.29, 1.82) is 0 Å². The first-order valence-electron chi connectivity index (χ1n) is 6.42. The third-order valence-electron chi connectivity index (χ3n) is 3.53. The molecule has 0 aromatic heterocycles. The third kappa shape index (κ3) is 2.05. The number of rotatable bonds is 0. The van der Waals surface area contributed by atoms with Crippen molar-refractivity contribution in [3.8, 4) is 11.5 Å². The highest BCUT2D eigenvalue weighted by Crippen LogP contribution is 2.47. The average molecular weight is 241 g/mol. The largest absolute Gasteiger partial charge is 0.278 e. The quantitative estimate of drug-likeness (QED) is 0.383. The van der Waals surface area contributed by atoms with Crippen LogP contribution < -0.4 is 0 Å². The van der Waals surface area contributed by atoms with Crippen LogP contribution in [0.1, 0.15) is 17.2 Å². The Labute approximate surface area is 105 Å². The molecule has 3 atom stereocenters. The predicted molar refractivity (Wildman–Crippen MR) is 74.5 cm³/mol. The Hall–Kier alpha value is -1.04. The third-order valence-corrected chi connectivity index (χ3v) is 4.43. The summed E-state index contributed by atoms with van der Waals surface area (Å²) in [5.41, 5.74) is 6.57. The average Bonchev–Trinajstić information content (AvgIpc) is 2.99. The molecule has 1 aromatic carbocycles.